The van der Waals surface area contributed by atoms with E-state index in [0.29, 0.717) is 62.7 Å². The van der Waals surface area contributed by atoms with Gasteiger partial charge in [0.2, 0.25) is 11.5 Å². The van der Waals surface area contributed by atoms with Crippen molar-refractivity contribution in [1.29, 1.82) is 0 Å². The van der Waals surface area contributed by atoms with E-state index < -0.39 is 11.8 Å². The summed E-state index contributed by atoms with van der Waals surface area (Å²) in [5.41, 5.74) is 1.64. The Morgan fingerprint density at radius 2 is 1.02 bits per heavy atom. The van der Waals surface area contributed by atoms with Crippen LogP contribution >= 0.6 is 0 Å². The predicted octanol–water partition coefficient (Wildman–Crippen LogP) is 5.90. The highest BCUT2D eigenvalue weighted by Crippen LogP contribution is 2.46. The molecule has 252 valence electrons. The standard InChI is InChI=1S/C37H39NO10/c1-9-14-46-30-17-23(18-31(47-15-10-2)35(30)48-16-11-3)22-38-36(39)32(24-12-13-26(41-4)27(19-24)42-5)33(37(38)40)25-20-28(43-6)34(45-8)29(21-25)44-7/h9-13,17-21H,1-3,14-16,22H2,4-8H3. The molecule has 0 radical (unpaired) electrons. The van der Waals surface area contributed by atoms with Crippen molar-refractivity contribution in [2.75, 3.05) is 55.4 Å². The van der Waals surface area contributed by atoms with Gasteiger partial charge in [0, 0.05) is 0 Å². The van der Waals surface area contributed by atoms with Gasteiger partial charge in [-0.15, -0.1) is 0 Å². The minimum Gasteiger partial charge on any atom is -0.493 e. The number of imide groups is 1. The maximum absolute atomic E-state index is 14.4. The lowest BCUT2D eigenvalue weighted by Gasteiger charge is -2.20. The molecule has 0 unspecified atom stereocenters. The number of benzene rings is 3. The first-order valence-electron chi connectivity index (χ1n) is 14.8. The monoisotopic (exact) mass is 657 g/mol. The van der Waals surface area contributed by atoms with Crippen LogP contribution in [0.5, 0.6) is 46.0 Å². The van der Waals surface area contributed by atoms with Gasteiger partial charge in [0.15, 0.2) is 34.5 Å². The summed E-state index contributed by atoms with van der Waals surface area (Å²) in [7, 11) is 7.43. The highest BCUT2D eigenvalue weighted by atomic mass is 16.5. The molecule has 11 heteroatoms. The number of hydrogen-bond donors (Lipinski definition) is 0. The van der Waals surface area contributed by atoms with Crippen LogP contribution in [-0.4, -0.2) is 72.1 Å². The molecule has 0 aromatic heterocycles. The fourth-order valence-corrected chi connectivity index (χ4v) is 5.17. The third-order valence-electron chi connectivity index (χ3n) is 7.27. The Bertz CT molecular complexity index is 1680. The molecule has 0 N–H and O–H groups in total. The van der Waals surface area contributed by atoms with Crippen molar-refractivity contribution in [3.63, 3.8) is 0 Å². The smallest absolute Gasteiger partial charge is 0.262 e. The van der Waals surface area contributed by atoms with Crippen molar-refractivity contribution in [3.8, 4) is 46.0 Å². The van der Waals surface area contributed by atoms with Crippen molar-refractivity contribution in [1.82, 2.24) is 4.90 Å². The molecule has 0 spiro atoms. The maximum atomic E-state index is 14.4. The molecule has 48 heavy (non-hydrogen) atoms. The summed E-state index contributed by atoms with van der Waals surface area (Å²) in [6, 6.07) is 11.6. The molecule has 4 rings (SSSR count). The molecule has 0 aliphatic carbocycles. The first kappa shape index (κ1) is 35.0. The van der Waals surface area contributed by atoms with Gasteiger partial charge in [0.05, 0.1) is 53.2 Å². The number of nitrogens with zero attached hydrogens (tertiary/aromatic N) is 1. The Kier molecular flexibility index (Phi) is 11.8. The van der Waals surface area contributed by atoms with Crippen molar-refractivity contribution < 1.29 is 47.5 Å². The predicted molar refractivity (Wildman–Crippen MR) is 182 cm³/mol. The van der Waals surface area contributed by atoms with Crippen LogP contribution in [0.3, 0.4) is 0 Å². The topological polar surface area (TPSA) is 111 Å². The molecule has 0 atom stereocenters. The zero-order chi connectivity index (χ0) is 34.8. The molecule has 3 aromatic rings. The zero-order valence-corrected chi connectivity index (χ0v) is 27.8. The SMILES string of the molecule is C=CCOc1cc(CN2C(=O)C(c3ccc(OC)c(OC)c3)=C(c3cc(OC)c(OC)c(OC)c3)C2=O)cc(OCC=C)c1OCC=C. The molecule has 1 aliphatic heterocycles. The van der Waals surface area contributed by atoms with Crippen LogP contribution in [0.2, 0.25) is 0 Å². The van der Waals surface area contributed by atoms with Crippen molar-refractivity contribution in [2.24, 2.45) is 0 Å². The first-order valence-corrected chi connectivity index (χ1v) is 14.8. The molecule has 1 aliphatic rings. The molecule has 0 saturated carbocycles. The number of rotatable bonds is 18. The average Bonchev–Trinajstić information content (AvgIpc) is 3.36. The summed E-state index contributed by atoms with van der Waals surface area (Å²) in [6.45, 7) is 11.6. The minimum atomic E-state index is -0.548. The minimum absolute atomic E-state index is 0.126. The number of carbonyl (C=O) groups excluding carboxylic acids is 2. The molecule has 2 amide bonds. The molecule has 1 heterocycles. The Labute approximate surface area is 280 Å². The molecule has 3 aromatic carbocycles. The molecular formula is C37H39NO10. The van der Waals surface area contributed by atoms with Gasteiger partial charge in [-0.05, 0) is 53.1 Å². The highest BCUT2D eigenvalue weighted by molar-refractivity contribution is 6.49. The van der Waals surface area contributed by atoms with Gasteiger partial charge in [-0.1, -0.05) is 44.0 Å². The number of ether oxygens (including phenoxy) is 8. The lowest BCUT2D eigenvalue weighted by Crippen LogP contribution is -2.31. The summed E-state index contributed by atoms with van der Waals surface area (Å²) in [5.74, 6) is 1.73. The van der Waals surface area contributed by atoms with E-state index in [9.17, 15) is 9.59 Å². The van der Waals surface area contributed by atoms with E-state index in [1.165, 1.54) is 35.5 Å². The summed E-state index contributed by atoms with van der Waals surface area (Å²) in [6.07, 6.45) is 4.77. The van der Waals surface area contributed by atoms with Gasteiger partial charge < -0.3 is 37.9 Å². The summed E-state index contributed by atoms with van der Waals surface area (Å²) in [4.78, 5) is 29.9. The number of amides is 2. The number of hydrogen-bond acceptors (Lipinski definition) is 10. The Balaban J connectivity index is 1.90. The second-order valence-electron chi connectivity index (χ2n) is 10.2. The first-order chi connectivity index (χ1) is 23.3. The maximum Gasteiger partial charge on any atom is 0.262 e. The Hall–Kier alpha value is -5.84. The van der Waals surface area contributed by atoms with E-state index in [2.05, 4.69) is 19.7 Å². The average molecular weight is 658 g/mol. The van der Waals surface area contributed by atoms with Gasteiger partial charge in [0.1, 0.15) is 19.8 Å². The lowest BCUT2D eigenvalue weighted by atomic mass is 9.95. The zero-order valence-electron chi connectivity index (χ0n) is 27.8. The quantitative estimate of drug-likeness (QED) is 0.121. The fourth-order valence-electron chi connectivity index (χ4n) is 5.17. The Morgan fingerprint density at radius 3 is 1.50 bits per heavy atom. The van der Waals surface area contributed by atoms with Gasteiger partial charge in [-0.2, -0.15) is 0 Å². The van der Waals surface area contributed by atoms with Crippen LogP contribution in [0.25, 0.3) is 11.1 Å². The Morgan fingerprint density at radius 1 is 0.542 bits per heavy atom. The van der Waals surface area contributed by atoms with E-state index in [0.717, 1.165) is 4.90 Å². The summed E-state index contributed by atoms with van der Waals surface area (Å²) < 4.78 is 45.3. The van der Waals surface area contributed by atoms with Crippen LogP contribution in [0.1, 0.15) is 16.7 Å². The number of methoxy groups -OCH3 is 5. The van der Waals surface area contributed by atoms with E-state index in [1.54, 1.807) is 60.7 Å². The largest absolute Gasteiger partial charge is 0.493 e. The lowest BCUT2D eigenvalue weighted by molar-refractivity contribution is -0.136. The van der Waals surface area contributed by atoms with Crippen molar-refractivity contribution in [2.45, 2.75) is 6.54 Å². The van der Waals surface area contributed by atoms with E-state index in [4.69, 9.17) is 37.9 Å². The second-order valence-corrected chi connectivity index (χ2v) is 10.2. The molecule has 0 fully saturated rings. The van der Waals surface area contributed by atoms with Crippen LogP contribution in [0, 0.1) is 0 Å². The van der Waals surface area contributed by atoms with Crippen molar-refractivity contribution >= 4 is 23.0 Å². The summed E-state index contributed by atoms with van der Waals surface area (Å²) in [5, 5.41) is 0. The number of carbonyl (C=O) groups is 2. The molecule has 0 saturated heterocycles. The highest BCUT2D eigenvalue weighted by Gasteiger charge is 2.41. The van der Waals surface area contributed by atoms with Gasteiger partial charge >= 0.3 is 0 Å². The van der Waals surface area contributed by atoms with Gasteiger partial charge in [0.25, 0.3) is 11.8 Å². The van der Waals surface area contributed by atoms with Crippen LogP contribution in [0.15, 0.2) is 80.4 Å². The summed E-state index contributed by atoms with van der Waals surface area (Å²) >= 11 is 0. The third-order valence-corrected chi connectivity index (χ3v) is 7.27. The molecule has 11 nitrogen and oxygen atoms in total. The van der Waals surface area contributed by atoms with Gasteiger partial charge in [-0.25, -0.2) is 0 Å². The van der Waals surface area contributed by atoms with Crippen LogP contribution in [-0.2, 0) is 16.1 Å². The normalized spacial score (nSPS) is 12.4. The second kappa shape index (κ2) is 16.1. The van der Waals surface area contributed by atoms with Crippen LogP contribution in [0.4, 0.5) is 0 Å². The van der Waals surface area contributed by atoms with E-state index >= 15 is 0 Å². The fraction of sp³-hybridized carbons (Fsp3) is 0.243. The third kappa shape index (κ3) is 7.10. The van der Waals surface area contributed by atoms with Crippen LogP contribution < -0.4 is 37.9 Å². The van der Waals surface area contributed by atoms with Crippen molar-refractivity contribution in [3.05, 3.63) is 97.1 Å². The van der Waals surface area contributed by atoms with E-state index in [1.807, 2.05) is 0 Å². The van der Waals surface area contributed by atoms with Gasteiger partial charge in [-0.3, -0.25) is 14.5 Å². The molecular weight excluding hydrogens is 618 g/mol. The molecule has 0 bridgehead atoms. The van der Waals surface area contributed by atoms with E-state index in [-0.39, 0.29) is 37.5 Å².